The van der Waals surface area contributed by atoms with Gasteiger partial charge < -0.3 is 19.9 Å². The molecule has 284 valence electrons. The number of benzene rings is 1. The fourth-order valence-electron chi connectivity index (χ4n) is 5.96. The van der Waals surface area contributed by atoms with Crippen molar-refractivity contribution in [3.8, 4) is 0 Å². The number of allylic oxidation sites excluding steroid dienone is 3. The fraction of sp³-hybridized carbons (Fsp3) is 0.698. The zero-order valence-corrected chi connectivity index (χ0v) is 31.9. The maximum atomic E-state index is 13.4. The highest BCUT2D eigenvalue weighted by Crippen LogP contribution is 2.15. The molecular formula is C43H71NO6. The van der Waals surface area contributed by atoms with E-state index < -0.39 is 36.1 Å². The Morgan fingerprint density at radius 2 is 1.18 bits per heavy atom. The minimum Gasteiger partial charge on any atom is -0.460 e. The van der Waals surface area contributed by atoms with Gasteiger partial charge in [0.2, 0.25) is 0 Å². The highest BCUT2D eigenvalue weighted by Gasteiger charge is 2.27. The Labute approximate surface area is 305 Å². The van der Waals surface area contributed by atoms with Gasteiger partial charge in [0.05, 0.1) is 17.7 Å². The first-order valence-electron chi connectivity index (χ1n) is 20.1. The van der Waals surface area contributed by atoms with Crippen LogP contribution in [0.5, 0.6) is 0 Å². The first-order valence-corrected chi connectivity index (χ1v) is 20.1. The average Bonchev–Trinajstić information content (AvgIpc) is 3.11. The van der Waals surface area contributed by atoms with E-state index in [2.05, 4.69) is 31.3 Å². The molecule has 0 heterocycles. The van der Waals surface area contributed by atoms with E-state index >= 15 is 0 Å². The maximum Gasteiger partial charge on any atom is 0.338 e. The zero-order valence-electron chi connectivity index (χ0n) is 31.9. The van der Waals surface area contributed by atoms with Gasteiger partial charge in [-0.05, 0) is 50.7 Å². The molecule has 0 spiro atoms. The normalized spacial score (nSPS) is 13.4. The van der Waals surface area contributed by atoms with Gasteiger partial charge >= 0.3 is 11.9 Å². The Hall–Kier alpha value is -2.93. The van der Waals surface area contributed by atoms with Crippen molar-refractivity contribution in [2.24, 2.45) is 0 Å². The summed E-state index contributed by atoms with van der Waals surface area (Å²) in [6, 6.07) is 7.70. The van der Waals surface area contributed by atoms with Gasteiger partial charge in [0.1, 0.15) is 6.61 Å². The number of unbranched alkanes of at least 4 members (excludes halogenated alkanes) is 19. The summed E-state index contributed by atoms with van der Waals surface area (Å²) in [5.74, 6) is -1.57. The summed E-state index contributed by atoms with van der Waals surface area (Å²) in [5, 5.41) is 13.9. The number of aliphatic hydroxyl groups excluding tert-OH is 1. The molecule has 3 atom stereocenters. The van der Waals surface area contributed by atoms with Gasteiger partial charge in [-0.25, -0.2) is 4.79 Å². The van der Waals surface area contributed by atoms with Crippen molar-refractivity contribution in [2.75, 3.05) is 6.61 Å². The van der Waals surface area contributed by atoms with E-state index in [0.717, 1.165) is 38.5 Å². The largest absolute Gasteiger partial charge is 0.460 e. The molecule has 0 aromatic heterocycles. The van der Waals surface area contributed by atoms with E-state index in [0.29, 0.717) is 12.0 Å². The molecule has 2 N–H and O–H groups in total. The SMILES string of the molecule is CCCCCCCCC/C=C/CC/C=C/[C@@H](O)[C@H](COC(=O)c1ccccc1)NC(=O)[C@@H](CCCCCCCCCCCCCC)OC(C)=O. The fourth-order valence-corrected chi connectivity index (χ4v) is 5.96. The average molecular weight is 698 g/mol. The minimum absolute atomic E-state index is 0.227. The van der Waals surface area contributed by atoms with E-state index in [1.807, 2.05) is 12.1 Å². The highest BCUT2D eigenvalue weighted by atomic mass is 16.5. The topological polar surface area (TPSA) is 102 Å². The van der Waals surface area contributed by atoms with Crippen molar-refractivity contribution in [3.05, 3.63) is 60.2 Å². The number of carbonyl (C=O) groups excluding carboxylic acids is 3. The van der Waals surface area contributed by atoms with Gasteiger partial charge in [0.25, 0.3) is 5.91 Å². The molecule has 0 aliphatic rings. The molecule has 0 unspecified atom stereocenters. The monoisotopic (exact) mass is 698 g/mol. The standard InChI is InChI=1S/C43H71NO6/c1-4-6-8-10-12-14-16-18-19-21-23-25-30-34-40(46)39(36-49-43(48)38-32-28-27-29-33-38)44-42(47)41(50-37(3)45)35-31-26-24-22-20-17-15-13-11-9-7-5-2/h19,21,27-30,32-34,39-41,46H,4-18,20,22-26,31,35-36H2,1-3H3,(H,44,47)/b21-19+,34-30+/t39-,40+,41+/m0/s1. The van der Waals surface area contributed by atoms with Crippen molar-refractivity contribution < 1.29 is 29.0 Å². The lowest BCUT2D eigenvalue weighted by atomic mass is 10.0. The summed E-state index contributed by atoms with van der Waals surface area (Å²) in [6.45, 7) is 5.55. The Bertz CT molecular complexity index is 1040. The van der Waals surface area contributed by atoms with Crippen molar-refractivity contribution in [1.29, 1.82) is 0 Å². The third-order valence-corrected chi connectivity index (χ3v) is 9.04. The molecule has 0 aliphatic heterocycles. The summed E-state index contributed by atoms with van der Waals surface area (Å²) in [7, 11) is 0. The Morgan fingerprint density at radius 3 is 1.74 bits per heavy atom. The number of aliphatic hydroxyl groups is 1. The first-order chi connectivity index (χ1) is 24.4. The molecular weight excluding hydrogens is 626 g/mol. The van der Waals surface area contributed by atoms with Crippen LogP contribution in [0.4, 0.5) is 0 Å². The second-order valence-electron chi connectivity index (χ2n) is 13.7. The van der Waals surface area contributed by atoms with E-state index in [4.69, 9.17) is 9.47 Å². The summed E-state index contributed by atoms with van der Waals surface area (Å²) >= 11 is 0. The lowest BCUT2D eigenvalue weighted by molar-refractivity contribution is -0.155. The van der Waals surface area contributed by atoms with Crippen LogP contribution < -0.4 is 5.32 Å². The second kappa shape index (κ2) is 32.0. The van der Waals surface area contributed by atoms with Crippen molar-refractivity contribution >= 4 is 17.8 Å². The predicted molar refractivity (Wildman–Crippen MR) is 206 cm³/mol. The van der Waals surface area contributed by atoms with E-state index in [9.17, 15) is 19.5 Å². The molecule has 1 aromatic carbocycles. The Balaban J connectivity index is 2.60. The van der Waals surface area contributed by atoms with E-state index in [-0.39, 0.29) is 6.61 Å². The molecule has 7 nitrogen and oxygen atoms in total. The van der Waals surface area contributed by atoms with Crippen LogP contribution in [0.15, 0.2) is 54.6 Å². The maximum absolute atomic E-state index is 13.4. The zero-order chi connectivity index (χ0) is 36.5. The molecule has 1 aromatic rings. The Kier molecular flexibility index (Phi) is 28.9. The summed E-state index contributed by atoms with van der Waals surface area (Å²) in [6.07, 6.45) is 32.4. The van der Waals surface area contributed by atoms with Gasteiger partial charge in [-0.15, -0.1) is 0 Å². The molecule has 0 radical (unpaired) electrons. The Morgan fingerprint density at radius 1 is 0.680 bits per heavy atom. The minimum atomic E-state index is -1.09. The number of ether oxygens (including phenoxy) is 2. The van der Waals surface area contributed by atoms with Crippen LogP contribution in [-0.2, 0) is 19.1 Å². The van der Waals surface area contributed by atoms with Crippen LogP contribution in [0.25, 0.3) is 0 Å². The quantitative estimate of drug-likeness (QED) is 0.0441. The number of hydrogen-bond donors (Lipinski definition) is 2. The third-order valence-electron chi connectivity index (χ3n) is 9.04. The van der Waals surface area contributed by atoms with Gasteiger partial charge in [0.15, 0.2) is 6.10 Å². The molecule has 50 heavy (non-hydrogen) atoms. The van der Waals surface area contributed by atoms with Crippen LogP contribution in [0, 0.1) is 0 Å². The van der Waals surface area contributed by atoms with Crippen molar-refractivity contribution in [2.45, 2.75) is 187 Å². The number of nitrogens with one attached hydrogen (secondary N) is 1. The molecule has 1 rings (SSSR count). The van der Waals surface area contributed by atoms with Crippen LogP contribution in [0.3, 0.4) is 0 Å². The van der Waals surface area contributed by atoms with Gasteiger partial charge in [0, 0.05) is 6.92 Å². The molecule has 0 bridgehead atoms. The van der Waals surface area contributed by atoms with Crippen LogP contribution in [0.2, 0.25) is 0 Å². The van der Waals surface area contributed by atoms with Gasteiger partial charge in [-0.2, -0.15) is 0 Å². The lowest BCUT2D eigenvalue weighted by Crippen LogP contribution is -2.50. The van der Waals surface area contributed by atoms with E-state index in [1.54, 1.807) is 30.3 Å². The summed E-state index contributed by atoms with van der Waals surface area (Å²) < 4.78 is 10.9. The molecule has 0 saturated carbocycles. The van der Waals surface area contributed by atoms with Crippen LogP contribution in [-0.4, -0.2) is 47.8 Å². The number of hydrogen-bond acceptors (Lipinski definition) is 6. The van der Waals surface area contributed by atoms with Crippen LogP contribution in [0.1, 0.15) is 179 Å². The number of amides is 1. The van der Waals surface area contributed by atoms with Crippen molar-refractivity contribution in [1.82, 2.24) is 5.32 Å². The smallest absolute Gasteiger partial charge is 0.338 e. The molecule has 0 aliphatic carbocycles. The number of carbonyl (C=O) groups is 3. The first kappa shape index (κ1) is 45.1. The summed E-state index contributed by atoms with van der Waals surface area (Å²) in [4.78, 5) is 37.9. The van der Waals surface area contributed by atoms with Gasteiger partial charge in [-0.1, -0.05) is 166 Å². The molecule has 7 heteroatoms. The predicted octanol–water partition coefficient (Wildman–Crippen LogP) is 10.7. The molecule has 0 fully saturated rings. The summed E-state index contributed by atoms with van der Waals surface area (Å²) in [5.41, 5.74) is 0.385. The number of rotatable bonds is 32. The highest BCUT2D eigenvalue weighted by molar-refractivity contribution is 5.89. The third kappa shape index (κ3) is 25.1. The molecule has 0 saturated heterocycles. The molecule has 1 amide bonds. The van der Waals surface area contributed by atoms with Crippen LogP contribution >= 0.6 is 0 Å². The van der Waals surface area contributed by atoms with Gasteiger partial charge in [-0.3, -0.25) is 9.59 Å². The lowest BCUT2D eigenvalue weighted by Gasteiger charge is -2.25. The number of esters is 2. The van der Waals surface area contributed by atoms with Crippen molar-refractivity contribution in [3.63, 3.8) is 0 Å². The van der Waals surface area contributed by atoms with E-state index in [1.165, 1.54) is 110 Å². The second-order valence-corrected chi connectivity index (χ2v) is 13.7.